The molecule has 0 atom stereocenters. The van der Waals surface area contributed by atoms with Crippen LogP contribution in [0, 0.1) is 6.92 Å². The first-order valence-electron chi connectivity index (χ1n) is 8.51. The summed E-state index contributed by atoms with van der Waals surface area (Å²) in [6.45, 7) is 2.52. The third-order valence-electron chi connectivity index (χ3n) is 3.85. The van der Waals surface area contributed by atoms with Crippen molar-refractivity contribution in [1.29, 1.82) is 0 Å². The fraction of sp³-hybridized carbons (Fsp3) is 0.143. The Morgan fingerprint density at radius 3 is 2.50 bits per heavy atom. The SMILES string of the molecule is Cc1cccc(COc2ccc(/C=N\Nc3ccc(C(F)(F)F)cn3)cc2)c1. The molecule has 0 amide bonds. The predicted molar refractivity (Wildman–Crippen MR) is 102 cm³/mol. The van der Waals surface area contributed by atoms with E-state index in [1.807, 2.05) is 49.4 Å². The van der Waals surface area contributed by atoms with E-state index in [2.05, 4.69) is 21.6 Å². The number of anilines is 1. The summed E-state index contributed by atoms with van der Waals surface area (Å²) >= 11 is 0. The molecule has 0 fully saturated rings. The van der Waals surface area contributed by atoms with E-state index in [9.17, 15) is 13.2 Å². The van der Waals surface area contributed by atoms with Crippen molar-refractivity contribution in [2.75, 3.05) is 5.43 Å². The zero-order valence-electron chi connectivity index (χ0n) is 15.1. The van der Waals surface area contributed by atoms with Gasteiger partial charge in [0.1, 0.15) is 18.2 Å². The van der Waals surface area contributed by atoms with Crippen molar-refractivity contribution in [1.82, 2.24) is 4.98 Å². The maximum absolute atomic E-state index is 12.5. The molecule has 1 N–H and O–H groups in total. The van der Waals surface area contributed by atoms with Crippen molar-refractivity contribution in [2.24, 2.45) is 5.10 Å². The van der Waals surface area contributed by atoms with Crippen molar-refractivity contribution in [3.63, 3.8) is 0 Å². The average Bonchev–Trinajstić information content (AvgIpc) is 2.67. The van der Waals surface area contributed by atoms with E-state index >= 15 is 0 Å². The third kappa shape index (κ3) is 5.57. The molecule has 2 aromatic carbocycles. The molecule has 0 bridgehead atoms. The van der Waals surface area contributed by atoms with Crippen LogP contribution in [0.15, 0.2) is 72.0 Å². The number of aryl methyl sites for hydroxylation is 1. The van der Waals surface area contributed by atoms with E-state index < -0.39 is 11.7 Å². The van der Waals surface area contributed by atoms with Crippen LogP contribution in [0.25, 0.3) is 0 Å². The van der Waals surface area contributed by atoms with Gasteiger partial charge in [-0.1, -0.05) is 29.8 Å². The topological polar surface area (TPSA) is 46.5 Å². The van der Waals surface area contributed by atoms with Gasteiger partial charge in [-0.05, 0) is 54.4 Å². The Morgan fingerprint density at radius 1 is 1.07 bits per heavy atom. The number of nitrogens with zero attached hydrogens (tertiary/aromatic N) is 2. The number of alkyl halides is 3. The zero-order chi connectivity index (χ0) is 20.0. The highest BCUT2D eigenvalue weighted by Gasteiger charge is 2.30. The van der Waals surface area contributed by atoms with Gasteiger partial charge in [-0.25, -0.2) is 4.98 Å². The van der Waals surface area contributed by atoms with Crippen molar-refractivity contribution in [3.05, 3.63) is 89.1 Å². The highest BCUT2D eigenvalue weighted by molar-refractivity contribution is 5.80. The number of hydrazone groups is 1. The van der Waals surface area contributed by atoms with E-state index in [0.29, 0.717) is 6.61 Å². The van der Waals surface area contributed by atoms with Gasteiger partial charge in [0.2, 0.25) is 0 Å². The van der Waals surface area contributed by atoms with E-state index in [4.69, 9.17) is 4.74 Å². The molecule has 0 aliphatic rings. The maximum atomic E-state index is 12.5. The second-order valence-electron chi connectivity index (χ2n) is 6.15. The summed E-state index contributed by atoms with van der Waals surface area (Å²) in [6.07, 6.45) is -2.10. The second-order valence-corrected chi connectivity index (χ2v) is 6.15. The lowest BCUT2D eigenvalue weighted by molar-refractivity contribution is -0.137. The summed E-state index contributed by atoms with van der Waals surface area (Å²) in [6, 6.07) is 17.6. The average molecular weight is 385 g/mol. The predicted octanol–water partition coefficient (Wildman–Crippen LogP) is 5.43. The van der Waals surface area contributed by atoms with Gasteiger partial charge in [-0.3, -0.25) is 5.43 Å². The molecule has 28 heavy (non-hydrogen) atoms. The first kappa shape index (κ1) is 19.4. The lowest BCUT2D eigenvalue weighted by Gasteiger charge is -2.07. The Balaban J connectivity index is 1.52. The highest BCUT2D eigenvalue weighted by atomic mass is 19.4. The third-order valence-corrected chi connectivity index (χ3v) is 3.85. The number of benzene rings is 2. The number of pyridine rings is 1. The Morgan fingerprint density at radius 2 is 1.86 bits per heavy atom. The van der Waals surface area contributed by atoms with Crippen LogP contribution >= 0.6 is 0 Å². The molecular formula is C21H18F3N3O. The van der Waals surface area contributed by atoms with Crippen LogP contribution in [0.4, 0.5) is 19.0 Å². The minimum atomic E-state index is -4.40. The lowest BCUT2D eigenvalue weighted by atomic mass is 10.1. The maximum Gasteiger partial charge on any atom is 0.417 e. The van der Waals surface area contributed by atoms with Gasteiger partial charge in [0, 0.05) is 6.20 Å². The molecule has 7 heteroatoms. The quantitative estimate of drug-likeness (QED) is 0.454. The minimum absolute atomic E-state index is 0.224. The van der Waals surface area contributed by atoms with E-state index in [0.717, 1.165) is 29.1 Å². The summed E-state index contributed by atoms with van der Waals surface area (Å²) < 4.78 is 43.2. The molecule has 3 aromatic rings. The van der Waals surface area contributed by atoms with Crippen LogP contribution in [0.3, 0.4) is 0 Å². The monoisotopic (exact) mass is 385 g/mol. The van der Waals surface area contributed by atoms with Crippen LogP contribution in [0.5, 0.6) is 5.75 Å². The lowest BCUT2D eigenvalue weighted by Crippen LogP contribution is -2.05. The van der Waals surface area contributed by atoms with Crippen LogP contribution in [0.1, 0.15) is 22.3 Å². The summed E-state index contributed by atoms with van der Waals surface area (Å²) in [5.41, 5.74) is 4.88. The number of nitrogens with one attached hydrogen (secondary N) is 1. The number of rotatable bonds is 6. The standard InChI is InChI=1S/C21H18F3N3O/c1-15-3-2-4-17(11-15)14-28-19-8-5-16(6-9-19)12-26-27-20-10-7-18(13-25-20)21(22,23)24/h2-13H,14H2,1H3,(H,25,27)/b26-12-. The van der Waals surface area contributed by atoms with Gasteiger partial charge >= 0.3 is 6.18 Å². The van der Waals surface area contributed by atoms with Gasteiger partial charge in [-0.15, -0.1) is 0 Å². The summed E-state index contributed by atoms with van der Waals surface area (Å²) in [4.78, 5) is 3.68. The summed E-state index contributed by atoms with van der Waals surface area (Å²) in [5, 5.41) is 3.98. The number of hydrogen-bond donors (Lipinski definition) is 1. The van der Waals surface area contributed by atoms with E-state index in [1.54, 1.807) is 6.21 Å². The normalized spacial score (nSPS) is 11.6. The molecule has 0 unspecified atom stereocenters. The first-order chi connectivity index (χ1) is 13.4. The molecule has 0 saturated heterocycles. The Bertz CT molecular complexity index is 936. The van der Waals surface area contributed by atoms with E-state index in [-0.39, 0.29) is 5.82 Å². The smallest absolute Gasteiger partial charge is 0.417 e. The molecule has 144 valence electrons. The molecule has 1 heterocycles. The molecule has 1 aromatic heterocycles. The highest BCUT2D eigenvalue weighted by Crippen LogP contribution is 2.28. The minimum Gasteiger partial charge on any atom is -0.489 e. The van der Waals surface area contributed by atoms with Crippen molar-refractivity contribution < 1.29 is 17.9 Å². The molecule has 0 aliphatic carbocycles. The molecule has 0 aliphatic heterocycles. The van der Waals surface area contributed by atoms with Crippen LogP contribution in [0.2, 0.25) is 0 Å². The second kappa shape index (κ2) is 8.56. The molecule has 0 saturated carbocycles. The Labute approximate surface area is 160 Å². The fourth-order valence-corrected chi connectivity index (χ4v) is 2.42. The summed E-state index contributed by atoms with van der Waals surface area (Å²) in [5.74, 6) is 0.957. The van der Waals surface area contributed by atoms with Gasteiger partial charge in [0.25, 0.3) is 0 Å². The molecule has 4 nitrogen and oxygen atoms in total. The number of ether oxygens (including phenoxy) is 1. The number of aromatic nitrogens is 1. The van der Waals surface area contributed by atoms with E-state index in [1.165, 1.54) is 11.6 Å². The zero-order valence-corrected chi connectivity index (χ0v) is 15.1. The van der Waals surface area contributed by atoms with Crippen LogP contribution in [-0.4, -0.2) is 11.2 Å². The largest absolute Gasteiger partial charge is 0.489 e. The van der Waals surface area contributed by atoms with Crippen molar-refractivity contribution in [2.45, 2.75) is 19.7 Å². The molecule has 3 rings (SSSR count). The van der Waals surface area contributed by atoms with Gasteiger partial charge in [0.15, 0.2) is 0 Å². The molecule has 0 spiro atoms. The van der Waals surface area contributed by atoms with Gasteiger partial charge < -0.3 is 4.74 Å². The number of halogens is 3. The number of hydrogen-bond acceptors (Lipinski definition) is 4. The van der Waals surface area contributed by atoms with Crippen molar-refractivity contribution in [3.8, 4) is 5.75 Å². The van der Waals surface area contributed by atoms with Crippen molar-refractivity contribution >= 4 is 12.0 Å². The first-order valence-corrected chi connectivity index (χ1v) is 8.51. The van der Waals surface area contributed by atoms with Crippen LogP contribution in [-0.2, 0) is 12.8 Å². The Hall–Kier alpha value is -3.35. The molecular weight excluding hydrogens is 367 g/mol. The summed E-state index contributed by atoms with van der Waals surface area (Å²) in [7, 11) is 0. The molecule has 0 radical (unpaired) electrons. The van der Waals surface area contributed by atoms with Gasteiger partial charge in [0.05, 0.1) is 11.8 Å². The van der Waals surface area contributed by atoms with Gasteiger partial charge in [-0.2, -0.15) is 18.3 Å². The van der Waals surface area contributed by atoms with Crippen LogP contribution < -0.4 is 10.2 Å². The fourth-order valence-electron chi connectivity index (χ4n) is 2.42. The Kier molecular flexibility index (Phi) is 5.93.